The standard InChI is InChI=1S/C14H19ClN4O/c15-10-3-4-12(14(16)17-20)13(8-10)19-7-6-18-5-1-2-11(18)9-19/h3-4,8,11,20H,1-2,5-7,9H2,(H2,16,17). The van der Waals surface area contributed by atoms with Gasteiger partial charge in [0, 0.05) is 41.9 Å². The van der Waals surface area contributed by atoms with Gasteiger partial charge in [0.15, 0.2) is 5.84 Å². The first-order chi connectivity index (χ1) is 9.69. The number of fused-ring (bicyclic) bond motifs is 1. The monoisotopic (exact) mass is 294 g/mol. The number of hydrogen-bond donors (Lipinski definition) is 2. The van der Waals surface area contributed by atoms with Crippen LogP contribution in [0, 0.1) is 0 Å². The third-order valence-electron chi connectivity index (χ3n) is 4.27. The van der Waals surface area contributed by atoms with Crippen LogP contribution >= 0.6 is 11.6 Å². The molecule has 2 saturated heterocycles. The molecule has 0 aliphatic carbocycles. The minimum Gasteiger partial charge on any atom is -0.409 e. The van der Waals surface area contributed by atoms with Gasteiger partial charge < -0.3 is 15.8 Å². The molecule has 0 bridgehead atoms. The van der Waals surface area contributed by atoms with E-state index >= 15 is 0 Å². The molecule has 108 valence electrons. The lowest BCUT2D eigenvalue weighted by molar-refractivity contribution is 0.231. The lowest BCUT2D eigenvalue weighted by Gasteiger charge is -2.39. The maximum atomic E-state index is 8.93. The van der Waals surface area contributed by atoms with Crippen molar-refractivity contribution in [2.24, 2.45) is 10.9 Å². The molecular formula is C14H19ClN4O. The first-order valence-corrected chi connectivity index (χ1v) is 7.33. The van der Waals surface area contributed by atoms with Crippen LogP contribution in [0.3, 0.4) is 0 Å². The van der Waals surface area contributed by atoms with Gasteiger partial charge in [0.05, 0.1) is 0 Å². The molecule has 1 atom stereocenters. The van der Waals surface area contributed by atoms with Crippen LogP contribution in [0.1, 0.15) is 18.4 Å². The van der Waals surface area contributed by atoms with E-state index in [-0.39, 0.29) is 5.84 Å². The Morgan fingerprint density at radius 2 is 2.20 bits per heavy atom. The summed E-state index contributed by atoms with van der Waals surface area (Å²) in [7, 11) is 0. The van der Waals surface area contributed by atoms with Crippen LogP contribution in [0.25, 0.3) is 0 Å². The quantitative estimate of drug-likeness (QED) is 0.377. The molecule has 2 heterocycles. The molecule has 20 heavy (non-hydrogen) atoms. The van der Waals surface area contributed by atoms with E-state index < -0.39 is 0 Å². The van der Waals surface area contributed by atoms with E-state index in [0.717, 1.165) is 30.9 Å². The third-order valence-corrected chi connectivity index (χ3v) is 4.51. The first-order valence-electron chi connectivity index (χ1n) is 6.95. The zero-order valence-corrected chi connectivity index (χ0v) is 12.1. The van der Waals surface area contributed by atoms with Crippen molar-refractivity contribution in [3.8, 4) is 0 Å². The van der Waals surface area contributed by atoms with E-state index in [9.17, 15) is 0 Å². The maximum absolute atomic E-state index is 8.93. The second kappa shape index (κ2) is 5.50. The number of hydrogen-bond acceptors (Lipinski definition) is 4. The molecule has 2 fully saturated rings. The minimum absolute atomic E-state index is 0.130. The second-order valence-electron chi connectivity index (χ2n) is 5.42. The average molecular weight is 295 g/mol. The Kier molecular flexibility index (Phi) is 3.72. The topological polar surface area (TPSA) is 65.1 Å². The number of anilines is 1. The average Bonchev–Trinajstić information content (AvgIpc) is 2.93. The largest absolute Gasteiger partial charge is 0.409 e. The molecule has 5 nitrogen and oxygen atoms in total. The van der Waals surface area contributed by atoms with Crippen molar-refractivity contribution < 1.29 is 5.21 Å². The molecule has 2 aliphatic rings. The van der Waals surface area contributed by atoms with Gasteiger partial charge in [-0.2, -0.15) is 0 Å². The summed E-state index contributed by atoms with van der Waals surface area (Å²) in [6, 6.07) is 6.10. The van der Waals surface area contributed by atoms with Gasteiger partial charge >= 0.3 is 0 Å². The van der Waals surface area contributed by atoms with Gasteiger partial charge in [0.25, 0.3) is 0 Å². The number of nitrogens with two attached hydrogens (primary N) is 1. The van der Waals surface area contributed by atoms with Crippen molar-refractivity contribution in [1.82, 2.24) is 4.90 Å². The Labute approximate surface area is 123 Å². The van der Waals surface area contributed by atoms with Crippen LogP contribution in [-0.4, -0.2) is 48.2 Å². The molecule has 0 aromatic heterocycles. The van der Waals surface area contributed by atoms with Gasteiger partial charge in [0.2, 0.25) is 0 Å². The number of benzene rings is 1. The highest BCUT2D eigenvalue weighted by molar-refractivity contribution is 6.31. The van der Waals surface area contributed by atoms with Crippen molar-refractivity contribution in [1.29, 1.82) is 0 Å². The zero-order chi connectivity index (χ0) is 14.1. The highest BCUT2D eigenvalue weighted by atomic mass is 35.5. The summed E-state index contributed by atoms with van der Waals surface area (Å²) < 4.78 is 0. The summed E-state index contributed by atoms with van der Waals surface area (Å²) in [6.45, 7) is 4.20. The minimum atomic E-state index is 0.130. The fourth-order valence-corrected chi connectivity index (χ4v) is 3.41. The Morgan fingerprint density at radius 3 is 3.00 bits per heavy atom. The maximum Gasteiger partial charge on any atom is 0.172 e. The normalized spacial score (nSPS) is 23.9. The molecule has 3 rings (SSSR count). The van der Waals surface area contributed by atoms with Crippen molar-refractivity contribution >= 4 is 23.1 Å². The second-order valence-corrected chi connectivity index (χ2v) is 5.86. The van der Waals surface area contributed by atoms with Gasteiger partial charge in [-0.1, -0.05) is 16.8 Å². The summed E-state index contributed by atoms with van der Waals surface area (Å²) in [4.78, 5) is 4.84. The van der Waals surface area contributed by atoms with Gasteiger partial charge in [-0.15, -0.1) is 0 Å². The number of halogens is 1. The fourth-order valence-electron chi connectivity index (χ4n) is 3.25. The molecular weight excluding hydrogens is 276 g/mol. The lowest BCUT2D eigenvalue weighted by atomic mass is 10.1. The highest BCUT2D eigenvalue weighted by Gasteiger charge is 2.31. The fraction of sp³-hybridized carbons (Fsp3) is 0.500. The smallest absolute Gasteiger partial charge is 0.172 e. The Morgan fingerprint density at radius 1 is 1.35 bits per heavy atom. The molecule has 0 amide bonds. The van der Waals surface area contributed by atoms with Gasteiger partial charge in [0.1, 0.15) is 0 Å². The van der Waals surface area contributed by atoms with E-state index in [0.29, 0.717) is 11.1 Å². The summed E-state index contributed by atoms with van der Waals surface area (Å²) in [5, 5.41) is 12.7. The van der Waals surface area contributed by atoms with Crippen molar-refractivity contribution in [3.05, 3.63) is 28.8 Å². The predicted molar refractivity (Wildman–Crippen MR) is 80.8 cm³/mol. The van der Waals surface area contributed by atoms with Crippen molar-refractivity contribution in [3.63, 3.8) is 0 Å². The third kappa shape index (κ3) is 2.43. The summed E-state index contributed by atoms with van der Waals surface area (Å²) >= 11 is 6.11. The molecule has 3 N–H and O–H groups in total. The number of nitrogens with zero attached hydrogens (tertiary/aromatic N) is 3. The van der Waals surface area contributed by atoms with Gasteiger partial charge in [-0.25, -0.2) is 0 Å². The molecule has 0 radical (unpaired) electrons. The van der Waals surface area contributed by atoms with E-state index in [2.05, 4.69) is 15.0 Å². The van der Waals surface area contributed by atoms with Crippen molar-refractivity contribution in [2.75, 3.05) is 31.1 Å². The van der Waals surface area contributed by atoms with Crippen LogP contribution in [0.4, 0.5) is 5.69 Å². The van der Waals surface area contributed by atoms with E-state index in [4.69, 9.17) is 22.5 Å². The van der Waals surface area contributed by atoms with Gasteiger partial charge in [-0.3, -0.25) is 4.90 Å². The number of piperazine rings is 1. The molecule has 0 spiro atoms. The zero-order valence-electron chi connectivity index (χ0n) is 11.3. The Balaban J connectivity index is 1.91. The molecule has 2 aliphatic heterocycles. The Hall–Kier alpha value is -1.46. The van der Waals surface area contributed by atoms with Crippen LogP contribution in [0.5, 0.6) is 0 Å². The van der Waals surface area contributed by atoms with Crippen molar-refractivity contribution in [2.45, 2.75) is 18.9 Å². The van der Waals surface area contributed by atoms with Crippen LogP contribution < -0.4 is 10.6 Å². The first kappa shape index (κ1) is 13.5. The summed E-state index contributed by atoms with van der Waals surface area (Å²) in [5.41, 5.74) is 7.48. The van der Waals surface area contributed by atoms with E-state index in [1.807, 2.05) is 12.1 Å². The summed E-state index contributed by atoms with van der Waals surface area (Å²) in [5.74, 6) is 0.130. The number of oxime groups is 1. The van der Waals surface area contributed by atoms with E-state index in [1.165, 1.54) is 19.4 Å². The molecule has 6 heteroatoms. The molecule has 1 aromatic carbocycles. The van der Waals surface area contributed by atoms with Crippen LogP contribution in [0.2, 0.25) is 5.02 Å². The highest BCUT2D eigenvalue weighted by Crippen LogP contribution is 2.29. The van der Waals surface area contributed by atoms with Crippen LogP contribution in [0.15, 0.2) is 23.4 Å². The van der Waals surface area contributed by atoms with E-state index in [1.54, 1.807) is 6.07 Å². The van der Waals surface area contributed by atoms with Gasteiger partial charge in [-0.05, 0) is 37.6 Å². The lowest BCUT2D eigenvalue weighted by Crippen LogP contribution is -2.50. The Bertz CT molecular complexity index is 534. The number of rotatable bonds is 2. The number of amidine groups is 1. The summed E-state index contributed by atoms with van der Waals surface area (Å²) in [6.07, 6.45) is 2.52. The molecule has 1 aromatic rings. The van der Waals surface area contributed by atoms with Crippen LogP contribution in [-0.2, 0) is 0 Å². The SMILES string of the molecule is N/C(=N/O)c1ccc(Cl)cc1N1CCN2CCCC2C1. The predicted octanol–water partition coefficient (Wildman–Crippen LogP) is 1.72. The molecule has 1 unspecified atom stereocenters. The molecule has 0 saturated carbocycles.